The molecule has 1 saturated carbocycles. The molecule has 2 aromatic rings. The predicted molar refractivity (Wildman–Crippen MR) is 77.9 cm³/mol. The van der Waals surface area contributed by atoms with E-state index in [1.54, 1.807) is 18.2 Å². The molecule has 0 radical (unpaired) electrons. The minimum absolute atomic E-state index is 0.168. The quantitative estimate of drug-likeness (QED) is 0.673. The van der Waals surface area contributed by atoms with Crippen LogP contribution in [0.5, 0.6) is 0 Å². The van der Waals surface area contributed by atoms with Crippen LogP contribution in [-0.4, -0.2) is 22.0 Å². The van der Waals surface area contributed by atoms with Crippen molar-refractivity contribution in [1.82, 2.24) is 10.2 Å². The van der Waals surface area contributed by atoms with Gasteiger partial charge in [0, 0.05) is 17.2 Å². The van der Waals surface area contributed by atoms with Gasteiger partial charge in [-0.2, -0.15) is 5.10 Å². The molecule has 1 aliphatic rings. The summed E-state index contributed by atoms with van der Waals surface area (Å²) in [4.78, 5) is 23.3. The third kappa shape index (κ3) is 2.58. The van der Waals surface area contributed by atoms with Gasteiger partial charge in [0.1, 0.15) is 0 Å². The Labute approximate surface area is 120 Å². The maximum absolute atomic E-state index is 12.2. The van der Waals surface area contributed by atoms with Crippen molar-refractivity contribution in [2.24, 2.45) is 5.73 Å². The van der Waals surface area contributed by atoms with Gasteiger partial charge in [-0.05, 0) is 31.0 Å². The highest BCUT2D eigenvalue weighted by Gasteiger charge is 2.30. The van der Waals surface area contributed by atoms with E-state index < -0.39 is 11.8 Å². The zero-order valence-electron chi connectivity index (χ0n) is 11.2. The highest BCUT2D eigenvalue weighted by molar-refractivity contribution is 6.07. The van der Waals surface area contributed by atoms with Gasteiger partial charge in [0.2, 0.25) is 5.91 Å². The van der Waals surface area contributed by atoms with Crippen LogP contribution in [0.1, 0.15) is 45.3 Å². The fraction of sp³-hybridized carbons (Fsp3) is 0.214. The topological polar surface area (TPSA) is 127 Å². The summed E-state index contributed by atoms with van der Waals surface area (Å²) in [6, 6.07) is 6.38. The zero-order valence-corrected chi connectivity index (χ0v) is 11.2. The molecule has 7 nitrogen and oxygen atoms in total. The molecule has 7 heteroatoms. The number of aromatic nitrogens is 2. The molecule has 3 rings (SSSR count). The first-order valence-electron chi connectivity index (χ1n) is 6.61. The Morgan fingerprint density at radius 2 is 2.10 bits per heavy atom. The Hall–Kier alpha value is -2.83. The first-order valence-corrected chi connectivity index (χ1v) is 6.61. The summed E-state index contributed by atoms with van der Waals surface area (Å²) in [5, 5.41) is 9.46. The second-order valence-electron chi connectivity index (χ2n) is 5.07. The van der Waals surface area contributed by atoms with Gasteiger partial charge in [-0.25, -0.2) is 0 Å². The molecule has 0 spiro atoms. The fourth-order valence-electron chi connectivity index (χ4n) is 2.16. The molecule has 0 bridgehead atoms. The lowest BCUT2D eigenvalue weighted by molar-refractivity contribution is 0.0995. The smallest absolute Gasteiger partial charge is 0.278 e. The van der Waals surface area contributed by atoms with Crippen LogP contribution in [0.3, 0.4) is 0 Å². The number of nitrogens with two attached hydrogens (primary N) is 2. The number of benzene rings is 1. The summed E-state index contributed by atoms with van der Waals surface area (Å²) in [5.41, 5.74) is 13.3. The van der Waals surface area contributed by atoms with Crippen molar-refractivity contribution in [3.63, 3.8) is 0 Å². The van der Waals surface area contributed by atoms with Crippen molar-refractivity contribution in [3.8, 4) is 0 Å². The van der Waals surface area contributed by atoms with Gasteiger partial charge in [0.05, 0.1) is 11.4 Å². The predicted octanol–water partition coefficient (Wildman–Crippen LogP) is 1.22. The van der Waals surface area contributed by atoms with E-state index in [1.807, 2.05) is 0 Å². The van der Waals surface area contributed by atoms with Gasteiger partial charge >= 0.3 is 0 Å². The Kier molecular flexibility index (Phi) is 3.09. The molecule has 0 aliphatic heterocycles. The van der Waals surface area contributed by atoms with E-state index in [1.165, 1.54) is 6.07 Å². The van der Waals surface area contributed by atoms with Crippen molar-refractivity contribution in [3.05, 3.63) is 41.2 Å². The van der Waals surface area contributed by atoms with E-state index in [2.05, 4.69) is 15.5 Å². The number of primary amides is 1. The second-order valence-corrected chi connectivity index (χ2v) is 5.07. The molecule has 6 N–H and O–H groups in total. The highest BCUT2D eigenvalue weighted by atomic mass is 16.2. The first kappa shape index (κ1) is 13.2. The van der Waals surface area contributed by atoms with Crippen LogP contribution in [0.25, 0.3) is 0 Å². The molecule has 1 fully saturated rings. The monoisotopic (exact) mass is 285 g/mol. The Balaban J connectivity index is 1.80. The number of rotatable bonds is 4. The van der Waals surface area contributed by atoms with E-state index in [-0.39, 0.29) is 5.69 Å². The van der Waals surface area contributed by atoms with Gasteiger partial charge in [-0.1, -0.05) is 6.07 Å². The summed E-state index contributed by atoms with van der Waals surface area (Å²) >= 11 is 0. The van der Waals surface area contributed by atoms with Crippen molar-refractivity contribution >= 4 is 23.2 Å². The molecule has 21 heavy (non-hydrogen) atoms. The lowest BCUT2D eigenvalue weighted by Crippen LogP contribution is -2.16. The van der Waals surface area contributed by atoms with E-state index in [9.17, 15) is 9.59 Å². The average Bonchev–Trinajstić information content (AvgIpc) is 3.22. The number of nitrogens with zero attached hydrogens (tertiary/aromatic N) is 1. The second kappa shape index (κ2) is 4.93. The molecule has 2 amide bonds. The lowest BCUT2D eigenvalue weighted by Gasteiger charge is -2.05. The molecule has 1 heterocycles. The minimum atomic E-state index is -0.554. The number of aromatic amines is 1. The van der Waals surface area contributed by atoms with Crippen LogP contribution in [0.4, 0.5) is 11.4 Å². The van der Waals surface area contributed by atoms with Crippen LogP contribution in [0, 0.1) is 0 Å². The van der Waals surface area contributed by atoms with Crippen LogP contribution in [-0.2, 0) is 0 Å². The average molecular weight is 285 g/mol. The fourth-order valence-corrected chi connectivity index (χ4v) is 2.16. The Bertz CT molecular complexity index is 718. The number of carbonyl (C=O) groups excluding carboxylic acids is 2. The summed E-state index contributed by atoms with van der Waals surface area (Å²) in [6.45, 7) is 0. The summed E-state index contributed by atoms with van der Waals surface area (Å²) in [6.07, 6.45) is 2.13. The standard InChI is InChI=1S/C14H15N5O2/c15-10-11(7-4-5-7)18-19-12(10)14(21)17-9-3-1-2-8(6-9)13(16)20/h1-3,6-7H,4-5,15H2,(H2,16,20)(H,17,21)(H,18,19). The molecular formula is C14H15N5O2. The van der Waals surface area contributed by atoms with Crippen LogP contribution in [0.15, 0.2) is 24.3 Å². The molecule has 0 atom stereocenters. The minimum Gasteiger partial charge on any atom is -0.395 e. The van der Waals surface area contributed by atoms with E-state index >= 15 is 0 Å². The Morgan fingerprint density at radius 1 is 1.33 bits per heavy atom. The van der Waals surface area contributed by atoms with Crippen molar-refractivity contribution < 1.29 is 9.59 Å². The number of H-pyrrole nitrogens is 1. The summed E-state index contributed by atoms with van der Waals surface area (Å²) in [5.74, 6) is -0.587. The summed E-state index contributed by atoms with van der Waals surface area (Å²) in [7, 11) is 0. The first-order chi connectivity index (χ1) is 10.1. The lowest BCUT2D eigenvalue weighted by atomic mass is 10.2. The van der Waals surface area contributed by atoms with Crippen LogP contribution >= 0.6 is 0 Å². The van der Waals surface area contributed by atoms with Gasteiger partial charge in [0.15, 0.2) is 5.69 Å². The molecule has 1 aromatic carbocycles. The zero-order chi connectivity index (χ0) is 15.0. The maximum atomic E-state index is 12.2. The number of nitrogens with one attached hydrogen (secondary N) is 2. The van der Waals surface area contributed by atoms with Crippen molar-refractivity contribution in [2.75, 3.05) is 11.1 Å². The van der Waals surface area contributed by atoms with Crippen molar-refractivity contribution in [2.45, 2.75) is 18.8 Å². The molecule has 108 valence electrons. The van der Waals surface area contributed by atoms with E-state index in [0.29, 0.717) is 22.9 Å². The SMILES string of the molecule is NC(=O)c1cccc(NC(=O)c2n[nH]c(C3CC3)c2N)c1. The number of amides is 2. The largest absolute Gasteiger partial charge is 0.395 e. The molecule has 0 unspecified atom stereocenters. The molecular weight excluding hydrogens is 270 g/mol. The van der Waals surface area contributed by atoms with Gasteiger partial charge in [-0.3, -0.25) is 14.7 Å². The molecule has 1 aliphatic carbocycles. The van der Waals surface area contributed by atoms with Gasteiger partial charge < -0.3 is 16.8 Å². The van der Waals surface area contributed by atoms with Gasteiger partial charge in [0.25, 0.3) is 5.91 Å². The summed E-state index contributed by atoms with van der Waals surface area (Å²) < 4.78 is 0. The maximum Gasteiger partial charge on any atom is 0.278 e. The number of anilines is 2. The Morgan fingerprint density at radius 3 is 2.76 bits per heavy atom. The van der Waals surface area contributed by atoms with E-state index in [0.717, 1.165) is 18.5 Å². The van der Waals surface area contributed by atoms with E-state index in [4.69, 9.17) is 11.5 Å². The number of hydrogen-bond acceptors (Lipinski definition) is 4. The van der Waals surface area contributed by atoms with Crippen molar-refractivity contribution in [1.29, 1.82) is 0 Å². The molecule has 0 saturated heterocycles. The normalized spacial score (nSPS) is 13.9. The van der Waals surface area contributed by atoms with Crippen LogP contribution in [0.2, 0.25) is 0 Å². The number of hydrogen-bond donors (Lipinski definition) is 4. The van der Waals surface area contributed by atoms with Gasteiger partial charge in [-0.15, -0.1) is 0 Å². The highest BCUT2D eigenvalue weighted by Crippen LogP contribution is 2.42. The molecule has 1 aromatic heterocycles. The number of nitrogen functional groups attached to an aromatic ring is 1. The van der Waals surface area contributed by atoms with Crippen LogP contribution < -0.4 is 16.8 Å². The third-order valence-corrected chi connectivity index (χ3v) is 3.44. The number of carbonyl (C=O) groups is 2. The third-order valence-electron chi connectivity index (χ3n) is 3.44.